The number of carbonyl (C=O) groups is 5. The van der Waals surface area contributed by atoms with Gasteiger partial charge in [0, 0.05) is 12.3 Å². The summed E-state index contributed by atoms with van der Waals surface area (Å²) in [6.07, 6.45) is 0.442. The first kappa shape index (κ1) is 30.9. The Morgan fingerprint density at radius 1 is 0.971 bits per heavy atom. The van der Waals surface area contributed by atoms with Gasteiger partial charge in [0.25, 0.3) is 0 Å². The highest BCUT2D eigenvalue weighted by atomic mass is 32.1. The van der Waals surface area contributed by atoms with Crippen molar-refractivity contribution in [2.45, 2.75) is 63.7 Å². The molecular formula is C19H36N8O6S. The molecule has 0 aliphatic rings. The minimum absolute atomic E-state index is 0.0842. The van der Waals surface area contributed by atoms with E-state index in [9.17, 15) is 29.1 Å². The average Bonchev–Trinajstić information content (AvgIpc) is 2.75. The van der Waals surface area contributed by atoms with Crippen LogP contribution in [-0.4, -0.2) is 77.1 Å². The smallest absolute Gasteiger partial charge is 0.327 e. The third-order valence-corrected chi connectivity index (χ3v) is 5.29. The lowest BCUT2D eigenvalue weighted by atomic mass is 9.97. The molecule has 14 nitrogen and oxygen atoms in total. The minimum atomic E-state index is -1.27. The summed E-state index contributed by atoms with van der Waals surface area (Å²) in [5, 5.41) is 16.5. The van der Waals surface area contributed by atoms with E-state index in [0.29, 0.717) is 12.8 Å². The van der Waals surface area contributed by atoms with Crippen LogP contribution >= 0.6 is 12.6 Å². The first-order chi connectivity index (χ1) is 15.8. The van der Waals surface area contributed by atoms with Crippen LogP contribution < -0.4 is 38.9 Å². The normalized spacial score (nSPS) is 15.1. The number of carboxylic acid groups (broad SMARTS) is 1. The molecule has 0 aromatic carbocycles. The third kappa shape index (κ3) is 11.7. The number of hydrogen-bond acceptors (Lipinski definition) is 8. The quantitative estimate of drug-likeness (QED) is 0.0442. The van der Waals surface area contributed by atoms with Crippen LogP contribution in [0.1, 0.15) is 39.5 Å². The molecular weight excluding hydrogens is 468 g/mol. The Bertz CT molecular complexity index is 761. The van der Waals surface area contributed by atoms with Gasteiger partial charge < -0.3 is 44.0 Å². The van der Waals surface area contributed by atoms with E-state index in [1.807, 2.05) is 0 Å². The topological polar surface area (TPSA) is 258 Å². The molecule has 5 atom stereocenters. The second-order valence-electron chi connectivity index (χ2n) is 7.74. The Balaban J connectivity index is 5.59. The third-order valence-electron chi connectivity index (χ3n) is 4.93. The van der Waals surface area contributed by atoms with Gasteiger partial charge in [0.1, 0.15) is 18.1 Å². The van der Waals surface area contributed by atoms with Crippen LogP contribution in [0.2, 0.25) is 0 Å². The van der Waals surface area contributed by atoms with Crippen LogP contribution in [0.25, 0.3) is 0 Å². The van der Waals surface area contributed by atoms with Crippen molar-refractivity contribution in [3.8, 4) is 0 Å². The Labute approximate surface area is 203 Å². The number of nitrogens with zero attached hydrogens (tertiary/aromatic N) is 1. The van der Waals surface area contributed by atoms with Gasteiger partial charge in [0.2, 0.25) is 23.6 Å². The zero-order valence-corrected chi connectivity index (χ0v) is 20.2. The van der Waals surface area contributed by atoms with Crippen molar-refractivity contribution in [1.82, 2.24) is 16.0 Å². The highest BCUT2D eigenvalue weighted by Gasteiger charge is 2.32. The number of nitrogens with two attached hydrogens (primary N) is 4. The number of carbonyl (C=O) groups excluding carboxylic acids is 4. The molecule has 0 aromatic heterocycles. The highest BCUT2D eigenvalue weighted by Crippen LogP contribution is 2.10. The van der Waals surface area contributed by atoms with E-state index >= 15 is 0 Å². The summed E-state index contributed by atoms with van der Waals surface area (Å²) in [5.41, 5.74) is 21.3. The highest BCUT2D eigenvalue weighted by molar-refractivity contribution is 7.80. The summed E-state index contributed by atoms with van der Waals surface area (Å²) in [6.45, 7) is 3.67. The van der Waals surface area contributed by atoms with Gasteiger partial charge in [-0.3, -0.25) is 24.2 Å². The number of amides is 4. The fourth-order valence-corrected chi connectivity index (χ4v) is 3.01. The number of hydrogen-bond donors (Lipinski definition) is 9. The first-order valence-electron chi connectivity index (χ1n) is 10.7. The Hall–Kier alpha value is -3.07. The van der Waals surface area contributed by atoms with Gasteiger partial charge in [-0.2, -0.15) is 12.6 Å². The molecule has 5 unspecified atom stereocenters. The van der Waals surface area contributed by atoms with Gasteiger partial charge in [-0.15, -0.1) is 0 Å². The summed E-state index contributed by atoms with van der Waals surface area (Å²) in [5.74, 6) is -4.92. The summed E-state index contributed by atoms with van der Waals surface area (Å²) < 4.78 is 0. The second-order valence-corrected chi connectivity index (χ2v) is 8.11. The molecule has 0 saturated heterocycles. The van der Waals surface area contributed by atoms with E-state index in [1.165, 1.54) is 0 Å². The molecule has 194 valence electrons. The van der Waals surface area contributed by atoms with Crippen LogP contribution in [0.15, 0.2) is 4.99 Å². The lowest BCUT2D eigenvalue weighted by Gasteiger charge is -2.28. The number of thiol groups is 1. The number of rotatable bonds is 16. The zero-order valence-electron chi connectivity index (χ0n) is 19.3. The molecule has 0 heterocycles. The van der Waals surface area contributed by atoms with Crippen molar-refractivity contribution < 1.29 is 29.1 Å². The molecule has 0 aromatic rings. The zero-order chi connectivity index (χ0) is 26.4. The van der Waals surface area contributed by atoms with E-state index in [1.54, 1.807) is 13.8 Å². The minimum Gasteiger partial charge on any atom is -0.480 e. The summed E-state index contributed by atoms with van der Waals surface area (Å²) in [6, 6.07) is -4.75. The summed E-state index contributed by atoms with van der Waals surface area (Å²) in [7, 11) is 0. The maximum atomic E-state index is 13.0. The number of nitrogens with one attached hydrogen (secondary N) is 3. The Kier molecular flexibility index (Phi) is 14.3. The largest absolute Gasteiger partial charge is 0.480 e. The van der Waals surface area contributed by atoms with Crippen LogP contribution in [0.4, 0.5) is 0 Å². The lowest BCUT2D eigenvalue weighted by Crippen LogP contribution is -2.59. The molecule has 34 heavy (non-hydrogen) atoms. The fourth-order valence-electron chi connectivity index (χ4n) is 2.76. The van der Waals surface area contributed by atoms with E-state index in [0.717, 1.165) is 0 Å². The predicted molar refractivity (Wildman–Crippen MR) is 128 cm³/mol. The molecule has 0 bridgehead atoms. The predicted octanol–water partition coefficient (Wildman–Crippen LogP) is -3.24. The van der Waals surface area contributed by atoms with Crippen molar-refractivity contribution in [3.05, 3.63) is 0 Å². The Morgan fingerprint density at radius 3 is 2.03 bits per heavy atom. The van der Waals surface area contributed by atoms with Crippen molar-refractivity contribution in [2.75, 3.05) is 12.3 Å². The van der Waals surface area contributed by atoms with Crippen molar-refractivity contribution in [2.24, 2.45) is 33.8 Å². The number of guanidine groups is 1. The molecule has 0 radical (unpaired) electrons. The maximum absolute atomic E-state index is 13.0. The van der Waals surface area contributed by atoms with Crippen LogP contribution in [0.3, 0.4) is 0 Å². The number of carboxylic acids is 1. The van der Waals surface area contributed by atoms with Gasteiger partial charge in [-0.25, -0.2) is 4.79 Å². The molecule has 0 fully saturated rings. The van der Waals surface area contributed by atoms with E-state index in [4.69, 9.17) is 22.9 Å². The van der Waals surface area contributed by atoms with E-state index < -0.39 is 60.2 Å². The Morgan fingerprint density at radius 2 is 1.56 bits per heavy atom. The second kappa shape index (κ2) is 15.7. The first-order valence-corrected chi connectivity index (χ1v) is 11.3. The van der Waals surface area contributed by atoms with Crippen molar-refractivity contribution in [1.29, 1.82) is 0 Å². The fraction of sp³-hybridized carbons (Fsp3) is 0.684. The monoisotopic (exact) mass is 504 g/mol. The number of aliphatic carboxylic acids is 1. The van der Waals surface area contributed by atoms with Gasteiger partial charge in [0.05, 0.1) is 12.5 Å². The summed E-state index contributed by atoms with van der Waals surface area (Å²) in [4.78, 5) is 64.2. The van der Waals surface area contributed by atoms with Gasteiger partial charge in [-0.05, 0) is 18.8 Å². The van der Waals surface area contributed by atoms with Crippen LogP contribution in [0, 0.1) is 5.92 Å². The molecule has 4 amide bonds. The SMILES string of the molecule is CCC(C)C(NC(=O)C(CCCN=C(N)N)NC(=O)C(N)CC(N)=O)C(=O)NC(CS)C(=O)O. The van der Waals surface area contributed by atoms with Crippen LogP contribution in [-0.2, 0) is 24.0 Å². The average molecular weight is 505 g/mol. The molecule has 12 N–H and O–H groups in total. The maximum Gasteiger partial charge on any atom is 0.327 e. The van der Waals surface area contributed by atoms with E-state index in [-0.39, 0.29) is 30.6 Å². The molecule has 0 spiro atoms. The van der Waals surface area contributed by atoms with Crippen molar-refractivity contribution in [3.63, 3.8) is 0 Å². The van der Waals surface area contributed by atoms with Gasteiger partial charge in [-0.1, -0.05) is 20.3 Å². The standard InChI is InChI=1S/C19H36N8O6S/c1-3-9(2)14(17(31)26-12(8-34)18(32)33)27-16(30)11(5-4-6-24-19(22)23)25-15(29)10(20)7-13(21)28/h9-12,14,34H,3-8,20H2,1-2H3,(H2,21,28)(H,25,29)(H,26,31)(H,27,30)(H,32,33)(H4,22,23,24). The van der Waals surface area contributed by atoms with E-state index in [2.05, 4.69) is 33.6 Å². The van der Waals surface area contributed by atoms with Crippen molar-refractivity contribution >= 4 is 48.2 Å². The molecule has 0 saturated carbocycles. The lowest BCUT2D eigenvalue weighted by molar-refractivity contribution is -0.142. The number of aliphatic imine (C=N–C) groups is 1. The summed E-state index contributed by atoms with van der Waals surface area (Å²) >= 11 is 3.91. The molecule has 15 heteroatoms. The molecule has 0 rings (SSSR count). The molecule has 0 aliphatic heterocycles. The van der Waals surface area contributed by atoms with Crippen LogP contribution in [0.5, 0.6) is 0 Å². The van der Waals surface area contributed by atoms with Gasteiger partial charge >= 0.3 is 5.97 Å². The number of primary amides is 1. The van der Waals surface area contributed by atoms with Gasteiger partial charge in [0.15, 0.2) is 5.96 Å². The molecule has 0 aliphatic carbocycles.